The molecule has 0 atom stereocenters. The van der Waals surface area contributed by atoms with Crippen LogP contribution in [0.2, 0.25) is 0 Å². The van der Waals surface area contributed by atoms with Gasteiger partial charge in [0.25, 0.3) is 0 Å². The van der Waals surface area contributed by atoms with Crippen LogP contribution in [0.25, 0.3) is 0 Å². The normalized spacial score (nSPS) is 10.5. The third-order valence-corrected chi connectivity index (χ3v) is 3.31. The van der Waals surface area contributed by atoms with Crippen molar-refractivity contribution in [1.29, 1.82) is 0 Å². The topological polar surface area (TPSA) is 76.7 Å². The first-order chi connectivity index (χ1) is 8.06. The fraction of sp³-hybridized carbons (Fsp3) is 0.364. The number of aryl methyl sites for hydroxylation is 2. The third kappa shape index (κ3) is 2.71. The first-order valence-electron chi connectivity index (χ1n) is 5.32. The molecule has 2 heterocycles. The lowest BCUT2D eigenvalue weighted by Crippen LogP contribution is -2.07. The SMILES string of the molecule is Cc1nc(N)c(C)c(NCc2cnc(C)s2)n1. The standard InChI is InChI=1S/C11H15N5S/c1-6-10(12)15-7(2)16-11(6)14-5-9-4-13-8(3)17-9/h4H,5H2,1-3H3,(H3,12,14,15,16). The predicted molar refractivity (Wildman–Crippen MR) is 70.1 cm³/mol. The lowest BCUT2D eigenvalue weighted by Gasteiger charge is -2.09. The zero-order valence-corrected chi connectivity index (χ0v) is 10.9. The monoisotopic (exact) mass is 249 g/mol. The molecule has 0 aliphatic rings. The molecule has 0 aromatic carbocycles. The molecule has 0 saturated heterocycles. The second kappa shape index (κ2) is 4.67. The van der Waals surface area contributed by atoms with Crippen molar-refractivity contribution < 1.29 is 0 Å². The van der Waals surface area contributed by atoms with Gasteiger partial charge in [-0.3, -0.25) is 0 Å². The van der Waals surface area contributed by atoms with E-state index in [-0.39, 0.29) is 0 Å². The van der Waals surface area contributed by atoms with Crippen molar-refractivity contribution in [1.82, 2.24) is 15.0 Å². The number of nitrogen functional groups attached to an aromatic ring is 1. The van der Waals surface area contributed by atoms with Crippen LogP contribution in [0.4, 0.5) is 11.6 Å². The van der Waals surface area contributed by atoms with Crippen LogP contribution in [0.1, 0.15) is 21.3 Å². The Labute approximate surface area is 104 Å². The highest BCUT2D eigenvalue weighted by Crippen LogP contribution is 2.19. The molecule has 0 fully saturated rings. The zero-order valence-electron chi connectivity index (χ0n) is 10.1. The van der Waals surface area contributed by atoms with Crippen LogP contribution in [0.3, 0.4) is 0 Å². The lowest BCUT2D eigenvalue weighted by molar-refractivity contribution is 1.01. The molecule has 90 valence electrons. The Bertz CT molecular complexity index is 535. The van der Waals surface area contributed by atoms with Gasteiger partial charge in [-0.15, -0.1) is 11.3 Å². The van der Waals surface area contributed by atoms with E-state index >= 15 is 0 Å². The average Bonchev–Trinajstić information content (AvgIpc) is 2.67. The summed E-state index contributed by atoms with van der Waals surface area (Å²) in [6.07, 6.45) is 1.87. The summed E-state index contributed by atoms with van der Waals surface area (Å²) >= 11 is 1.67. The van der Waals surface area contributed by atoms with Crippen molar-refractivity contribution >= 4 is 23.0 Å². The Balaban J connectivity index is 2.14. The molecular weight excluding hydrogens is 234 g/mol. The molecule has 3 N–H and O–H groups in total. The van der Waals surface area contributed by atoms with Crippen LogP contribution < -0.4 is 11.1 Å². The van der Waals surface area contributed by atoms with Gasteiger partial charge < -0.3 is 11.1 Å². The number of aromatic nitrogens is 3. The molecule has 0 amide bonds. The smallest absolute Gasteiger partial charge is 0.135 e. The number of rotatable bonds is 3. The first-order valence-corrected chi connectivity index (χ1v) is 6.14. The molecule has 2 aromatic heterocycles. The number of hydrogen-bond donors (Lipinski definition) is 2. The molecule has 0 saturated carbocycles. The quantitative estimate of drug-likeness (QED) is 0.870. The van der Waals surface area contributed by atoms with Crippen molar-refractivity contribution in [2.24, 2.45) is 0 Å². The molecule has 0 unspecified atom stereocenters. The van der Waals surface area contributed by atoms with Gasteiger partial charge in [-0.25, -0.2) is 15.0 Å². The zero-order chi connectivity index (χ0) is 12.4. The fourth-order valence-corrected chi connectivity index (χ4v) is 2.21. The van der Waals surface area contributed by atoms with Gasteiger partial charge in [0.1, 0.15) is 17.5 Å². The van der Waals surface area contributed by atoms with Crippen LogP contribution >= 0.6 is 11.3 Å². The molecule has 2 aromatic rings. The third-order valence-electron chi connectivity index (χ3n) is 2.39. The molecule has 0 bridgehead atoms. The van der Waals surface area contributed by atoms with E-state index in [2.05, 4.69) is 20.3 Å². The van der Waals surface area contributed by atoms with Gasteiger partial charge >= 0.3 is 0 Å². The van der Waals surface area contributed by atoms with Gasteiger partial charge in [-0.2, -0.15) is 0 Å². The molecule has 0 aliphatic heterocycles. The summed E-state index contributed by atoms with van der Waals surface area (Å²) < 4.78 is 0. The minimum Gasteiger partial charge on any atom is -0.383 e. The Morgan fingerprint density at radius 3 is 2.71 bits per heavy atom. The van der Waals surface area contributed by atoms with Gasteiger partial charge in [0.2, 0.25) is 0 Å². The maximum absolute atomic E-state index is 5.79. The van der Waals surface area contributed by atoms with Crippen LogP contribution in [-0.2, 0) is 6.54 Å². The molecule has 17 heavy (non-hydrogen) atoms. The maximum atomic E-state index is 5.79. The van der Waals surface area contributed by atoms with Crippen LogP contribution in [-0.4, -0.2) is 15.0 Å². The number of nitrogens with zero attached hydrogens (tertiary/aromatic N) is 3. The summed E-state index contributed by atoms with van der Waals surface area (Å²) in [4.78, 5) is 13.8. The van der Waals surface area contributed by atoms with Gasteiger partial charge in [0, 0.05) is 16.6 Å². The van der Waals surface area contributed by atoms with E-state index in [9.17, 15) is 0 Å². The van der Waals surface area contributed by atoms with Crippen LogP contribution in [0, 0.1) is 20.8 Å². The summed E-state index contributed by atoms with van der Waals surface area (Å²) in [5, 5.41) is 4.33. The largest absolute Gasteiger partial charge is 0.383 e. The van der Waals surface area contributed by atoms with Crippen LogP contribution in [0.5, 0.6) is 0 Å². The fourth-order valence-electron chi connectivity index (χ4n) is 1.48. The van der Waals surface area contributed by atoms with Crippen LogP contribution in [0.15, 0.2) is 6.20 Å². The molecule has 2 rings (SSSR count). The predicted octanol–water partition coefficient (Wildman–Crippen LogP) is 2.05. The van der Waals surface area contributed by atoms with Crippen molar-refractivity contribution in [3.8, 4) is 0 Å². The highest BCUT2D eigenvalue weighted by molar-refractivity contribution is 7.11. The molecule has 6 heteroatoms. The van der Waals surface area contributed by atoms with Crippen molar-refractivity contribution in [2.45, 2.75) is 27.3 Å². The summed E-state index contributed by atoms with van der Waals surface area (Å²) in [6, 6.07) is 0. The Morgan fingerprint density at radius 2 is 2.06 bits per heavy atom. The number of anilines is 2. The first kappa shape index (κ1) is 11.8. The molecular formula is C11H15N5S. The number of hydrogen-bond acceptors (Lipinski definition) is 6. The van der Waals surface area contributed by atoms with E-state index in [0.717, 1.165) is 16.4 Å². The molecule has 0 radical (unpaired) electrons. The second-order valence-corrected chi connectivity index (χ2v) is 5.15. The lowest BCUT2D eigenvalue weighted by atomic mass is 10.3. The van der Waals surface area contributed by atoms with Crippen molar-refractivity contribution in [2.75, 3.05) is 11.1 Å². The van der Waals surface area contributed by atoms with E-state index in [4.69, 9.17) is 5.73 Å². The van der Waals surface area contributed by atoms with E-state index in [1.165, 1.54) is 4.88 Å². The van der Waals surface area contributed by atoms with Gasteiger partial charge in [-0.1, -0.05) is 0 Å². The Hall–Kier alpha value is -1.69. The maximum Gasteiger partial charge on any atom is 0.135 e. The van der Waals surface area contributed by atoms with E-state index in [0.29, 0.717) is 18.2 Å². The Kier molecular flexibility index (Phi) is 3.23. The average molecular weight is 249 g/mol. The van der Waals surface area contributed by atoms with E-state index in [1.54, 1.807) is 11.3 Å². The highest BCUT2D eigenvalue weighted by atomic mass is 32.1. The Morgan fingerprint density at radius 1 is 1.29 bits per heavy atom. The highest BCUT2D eigenvalue weighted by Gasteiger charge is 2.06. The van der Waals surface area contributed by atoms with Gasteiger partial charge in [0.05, 0.1) is 11.6 Å². The molecule has 5 nitrogen and oxygen atoms in total. The number of thiazole rings is 1. The summed E-state index contributed by atoms with van der Waals surface area (Å²) in [7, 11) is 0. The van der Waals surface area contributed by atoms with Gasteiger partial charge in [0.15, 0.2) is 0 Å². The van der Waals surface area contributed by atoms with E-state index < -0.39 is 0 Å². The van der Waals surface area contributed by atoms with Crippen molar-refractivity contribution in [3.05, 3.63) is 27.5 Å². The van der Waals surface area contributed by atoms with E-state index in [1.807, 2.05) is 27.0 Å². The number of nitrogens with one attached hydrogen (secondary N) is 1. The molecule has 0 spiro atoms. The summed E-state index contributed by atoms with van der Waals surface area (Å²) in [5.74, 6) is 2.00. The number of nitrogens with two attached hydrogens (primary N) is 1. The van der Waals surface area contributed by atoms with Crippen molar-refractivity contribution in [3.63, 3.8) is 0 Å². The summed E-state index contributed by atoms with van der Waals surface area (Å²) in [6.45, 7) is 6.45. The van der Waals surface area contributed by atoms with Gasteiger partial charge in [-0.05, 0) is 20.8 Å². The molecule has 0 aliphatic carbocycles. The minimum atomic E-state index is 0.528. The summed E-state index contributed by atoms with van der Waals surface area (Å²) in [5.41, 5.74) is 6.68. The second-order valence-electron chi connectivity index (χ2n) is 3.83. The minimum absolute atomic E-state index is 0.528.